The Balaban J connectivity index is 1.60. The molecule has 0 saturated carbocycles. The van der Waals surface area contributed by atoms with Crippen molar-refractivity contribution >= 4 is 21.6 Å². The van der Waals surface area contributed by atoms with E-state index in [-0.39, 0.29) is 16.6 Å². The monoisotopic (exact) mass is 496 g/mol. The van der Waals surface area contributed by atoms with Crippen LogP contribution in [0.5, 0.6) is 5.75 Å². The van der Waals surface area contributed by atoms with Gasteiger partial charge in [-0.2, -0.15) is 9.40 Å². The van der Waals surface area contributed by atoms with Crippen LogP contribution >= 0.6 is 0 Å². The average Bonchev–Trinajstić information content (AvgIpc) is 3.45. The van der Waals surface area contributed by atoms with Crippen molar-refractivity contribution in [1.82, 2.24) is 14.1 Å². The normalized spacial score (nSPS) is 14.3. The van der Waals surface area contributed by atoms with E-state index in [9.17, 15) is 13.2 Å². The number of aromatic nitrogens is 2. The third-order valence-corrected chi connectivity index (χ3v) is 8.17. The number of benzene rings is 2. The van der Waals surface area contributed by atoms with Gasteiger partial charge in [0.1, 0.15) is 10.6 Å². The Bertz CT molecular complexity index is 1320. The first-order chi connectivity index (χ1) is 16.7. The molecule has 0 bridgehead atoms. The highest BCUT2D eigenvalue weighted by molar-refractivity contribution is 7.89. The van der Waals surface area contributed by atoms with Crippen LogP contribution in [0.25, 0.3) is 0 Å². The van der Waals surface area contributed by atoms with Crippen LogP contribution in [0.1, 0.15) is 52.6 Å². The van der Waals surface area contributed by atoms with Gasteiger partial charge < -0.3 is 10.1 Å². The van der Waals surface area contributed by atoms with E-state index in [2.05, 4.69) is 10.4 Å². The van der Waals surface area contributed by atoms with Gasteiger partial charge in [-0.05, 0) is 64.3 Å². The van der Waals surface area contributed by atoms with Crippen LogP contribution in [0.3, 0.4) is 0 Å². The van der Waals surface area contributed by atoms with Crippen molar-refractivity contribution in [3.05, 3.63) is 70.5 Å². The molecule has 1 amide bonds. The number of ether oxygens (including phenoxy) is 1. The molecule has 8 nitrogen and oxygen atoms in total. The number of nitrogens with zero attached hydrogens (tertiary/aromatic N) is 3. The van der Waals surface area contributed by atoms with E-state index in [1.54, 1.807) is 19.1 Å². The molecule has 1 aliphatic heterocycles. The second-order valence-electron chi connectivity index (χ2n) is 8.85. The van der Waals surface area contributed by atoms with Crippen molar-refractivity contribution in [3.8, 4) is 5.75 Å². The molecule has 1 aromatic heterocycles. The van der Waals surface area contributed by atoms with E-state index >= 15 is 0 Å². The average molecular weight is 497 g/mol. The number of hydrogen-bond acceptors (Lipinski definition) is 5. The Morgan fingerprint density at radius 1 is 1.06 bits per heavy atom. The lowest BCUT2D eigenvalue weighted by Gasteiger charge is -2.19. The summed E-state index contributed by atoms with van der Waals surface area (Å²) >= 11 is 0. The highest BCUT2D eigenvalue weighted by Crippen LogP contribution is 2.32. The summed E-state index contributed by atoms with van der Waals surface area (Å²) in [5, 5.41) is 7.44. The van der Waals surface area contributed by atoms with Crippen LogP contribution in [-0.4, -0.2) is 48.1 Å². The minimum Gasteiger partial charge on any atom is -0.492 e. The molecule has 0 unspecified atom stereocenters. The summed E-state index contributed by atoms with van der Waals surface area (Å²) < 4.78 is 35.4. The van der Waals surface area contributed by atoms with Crippen LogP contribution in [0, 0.1) is 20.8 Å². The van der Waals surface area contributed by atoms with Gasteiger partial charge in [0.15, 0.2) is 0 Å². The summed E-state index contributed by atoms with van der Waals surface area (Å²) in [5.74, 6) is -0.0421. The molecule has 35 heavy (non-hydrogen) atoms. The Labute approximate surface area is 207 Å². The molecule has 9 heteroatoms. The highest BCUT2D eigenvalue weighted by Gasteiger charge is 2.30. The number of aryl methyl sites for hydroxylation is 2. The van der Waals surface area contributed by atoms with E-state index in [0.29, 0.717) is 43.2 Å². The van der Waals surface area contributed by atoms with Crippen molar-refractivity contribution < 1.29 is 17.9 Å². The molecule has 2 aromatic carbocycles. The Morgan fingerprint density at radius 2 is 1.74 bits per heavy atom. The van der Waals surface area contributed by atoms with Crippen molar-refractivity contribution in [2.24, 2.45) is 0 Å². The zero-order valence-electron chi connectivity index (χ0n) is 20.7. The lowest BCUT2D eigenvalue weighted by Crippen LogP contribution is -2.28. The lowest BCUT2D eigenvalue weighted by atomic mass is 10.1. The van der Waals surface area contributed by atoms with Gasteiger partial charge in [0.05, 0.1) is 24.4 Å². The molecule has 4 rings (SSSR count). The van der Waals surface area contributed by atoms with Crippen molar-refractivity contribution in [1.29, 1.82) is 0 Å². The molecule has 1 aliphatic rings. The van der Waals surface area contributed by atoms with Gasteiger partial charge in [-0.25, -0.2) is 8.42 Å². The molecule has 0 atom stereocenters. The van der Waals surface area contributed by atoms with Crippen LogP contribution in [0.15, 0.2) is 47.4 Å². The molecule has 0 spiro atoms. The fraction of sp³-hybridized carbons (Fsp3) is 0.385. The maximum Gasteiger partial charge on any atom is 0.259 e. The molecule has 1 fully saturated rings. The number of anilines is 1. The molecule has 186 valence electrons. The zero-order valence-corrected chi connectivity index (χ0v) is 21.5. The number of nitrogens with one attached hydrogen (secondary N) is 1. The fourth-order valence-corrected chi connectivity index (χ4v) is 6.04. The van der Waals surface area contributed by atoms with Gasteiger partial charge in [0.2, 0.25) is 10.0 Å². The number of rotatable bonds is 8. The maximum atomic E-state index is 13.3. The van der Waals surface area contributed by atoms with Crippen molar-refractivity contribution in [2.45, 2.75) is 52.0 Å². The molecule has 1 N–H and O–H groups in total. The summed E-state index contributed by atoms with van der Waals surface area (Å²) in [7, 11) is -3.72. The molecule has 1 saturated heterocycles. The molecular formula is C26H32N4O4S. The molecule has 3 aromatic rings. The third-order valence-electron chi connectivity index (χ3n) is 6.25. The first-order valence-corrected chi connectivity index (χ1v) is 13.3. The molecule has 2 heterocycles. The van der Waals surface area contributed by atoms with Crippen LogP contribution < -0.4 is 10.1 Å². The van der Waals surface area contributed by atoms with Gasteiger partial charge in [-0.3, -0.25) is 9.48 Å². The highest BCUT2D eigenvalue weighted by atomic mass is 32.2. The van der Waals surface area contributed by atoms with Crippen molar-refractivity contribution in [3.63, 3.8) is 0 Å². The first kappa shape index (κ1) is 24.9. The summed E-state index contributed by atoms with van der Waals surface area (Å²) in [5.41, 5.74) is 4.51. The Hall–Kier alpha value is -3.17. The maximum absolute atomic E-state index is 13.3. The minimum atomic E-state index is -3.72. The largest absolute Gasteiger partial charge is 0.492 e. The lowest BCUT2D eigenvalue weighted by molar-refractivity contribution is 0.102. The number of amides is 1. The minimum absolute atomic E-state index is 0.0718. The molecular weight excluding hydrogens is 464 g/mol. The summed E-state index contributed by atoms with van der Waals surface area (Å²) in [6.07, 6.45) is 1.68. The predicted molar refractivity (Wildman–Crippen MR) is 136 cm³/mol. The van der Waals surface area contributed by atoms with Crippen molar-refractivity contribution in [2.75, 3.05) is 25.0 Å². The number of sulfonamides is 1. The number of hydrogen-bond donors (Lipinski definition) is 1. The molecule has 0 radical (unpaired) electrons. The first-order valence-electron chi connectivity index (χ1n) is 11.9. The van der Waals surface area contributed by atoms with Gasteiger partial charge in [0.25, 0.3) is 5.91 Å². The summed E-state index contributed by atoms with van der Waals surface area (Å²) in [6.45, 7) is 9.39. The molecule has 0 aliphatic carbocycles. The predicted octanol–water partition coefficient (Wildman–Crippen LogP) is 4.29. The standard InChI is InChI=1S/C26H32N4O4S/c1-5-34-23-13-12-22(16-24(23)35(32,33)29-14-6-7-15-29)27-26(31)25-19(3)28-30(20(25)4)17-21-10-8-18(2)9-11-21/h8-13,16H,5-7,14-15,17H2,1-4H3,(H,27,31). The summed E-state index contributed by atoms with van der Waals surface area (Å²) in [6, 6.07) is 12.9. The van der Waals surface area contributed by atoms with Gasteiger partial charge in [0, 0.05) is 24.5 Å². The van der Waals surface area contributed by atoms with Gasteiger partial charge in [-0.15, -0.1) is 0 Å². The van der Waals surface area contributed by atoms with Crippen LogP contribution in [0.4, 0.5) is 5.69 Å². The zero-order chi connectivity index (χ0) is 25.2. The van der Waals surface area contributed by atoms with E-state index in [1.807, 2.05) is 49.7 Å². The Morgan fingerprint density at radius 3 is 2.40 bits per heavy atom. The number of carbonyl (C=O) groups is 1. The van der Waals surface area contributed by atoms with Gasteiger partial charge in [-0.1, -0.05) is 29.8 Å². The van der Waals surface area contributed by atoms with Crippen LogP contribution in [-0.2, 0) is 16.6 Å². The Kier molecular flexibility index (Phi) is 7.28. The second-order valence-corrected chi connectivity index (χ2v) is 10.8. The van der Waals surface area contributed by atoms with Crippen LogP contribution in [0.2, 0.25) is 0 Å². The van der Waals surface area contributed by atoms with Gasteiger partial charge >= 0.3 is 0 Å². The topological polar surface area (TPSA) is 93.5 Å². The SMILES string of the molecule is CCOc1ccc(NC(=O)c2c(C)nn(Cc3ccc(C)cc3)c2C)cc1S(=O)(=O)N1CCCC1. The fourth-order valence-electron chi connectivity index (χ4n) is 4.37. The summed E-state index contributed by atoms with van der Waals surface area (Å²) in [4.78, 5) is 13.3. The van der Waals surface area contributed by atoms with E-state index in [0.717, 1.165) is 24.1 Å². The number of carbonyl (C=O) groups excluding carboxylic acids is 1. The quantitative estimate of drug-likeness (QED) is 0.502. The van der Waals surface area contributed by atoms with E-state index in [1.165, 1.54) is 15.9 Å². The van der Waals surface area contributed by atoms with E-state index in [4.69, 9.17) is 4.74 Å². The van der Waals surface area contributed by atoms with E-state index < -0.39 is 10.0 Å². The smallest absolute Gasteiger partial charge is 0.259 e. The second kappa shape index (κ2) is 10.2. The third kappa shape index (κ3) is 5.26.